The standard InChI is InChI=1S/C22H19NO5/c24-19-13-5-1-2-6-14(13)20(25)18-11-12(9-10-15(18)19)23-21(26)16-7-3-4-8-17(16)22(27)28/h1-2,5-6,9-11,16-17H,3-4,7-8H2,(H,23,26)(H,27,28)/t16-,17-/m0/s1. The molecule has 2 aliphatic carbocycles. The fourth-order valence-corrected chi connectivity index (χ4v) is 4.15. The minimum absolute atomic E-state index is 0.221. The second kappa shape index (κ2) is 7.03. The Bertz CT molecular complexity index is 1010. The first-order valence-electron chi connectivity index (χ1n) is 9.33. The van der Waals surface area contributed by atoms with E-state index >= 15 is 0 Å². The Hall–Kier alpha value is -3.28. The third-order valence-corrected chi connectivity index (χ3v) is 5.61. The van der Waals surface area contributed by atoms with E-state index in [0.29, 0.717) is 35.2 Å². The maximum Gasteiger partial charge on any atom is 0.307 e. The summed E-state index contributed by atoms with van der Waals surface area (Å²) in [5, 5.41) is 12.1. The lowest BCUT2D eigenvalue weighted by molar-refractivity contribution is -0.147. The molecule has 4 rings (SSSR count). The summed E-state index contributed by atoms with van der Waals surface area (Å²) in [6, 6.07) is 11.3. The van der Waals surface area contributed by atoms with E-state index in [-0.39, 0.29) is 23.0 Å². The van der Waals surface area contributed by atoms with Gasteiger partial charge in [0.2, 0.25) is 5.91 Å². The molecule has 2 N–H and O–H groups in total. The van der Waals surface area contributed by atoms with E-state index in [9.17, 15) is 24.3 Å². The summed E-state index contributed by atoms with van der Waals surface area (Å²) in [6.07, 6.45) is 2.63. The van der Waals surface area contributed by atoms with Crippen LogP contribution in [0.2, 0.25) is 0 Å². The highest BCUT2D eigenvalue weighted by atomic mass is 16.4. The number of carboxylic acid groups (broad SMARTS) is 1. The Balaban J connectivity index is 1.61. The second-order valence-corrected chi connectivity index (χ2v) is 7.29. The van der Waals surface area contributed by atoms with Crippen molar-refractivity contribution in [3.63, 3.8) is 0 Å². The molecule has 6 nitrogen and oxygen atoms in total. The number of aliphatic carboxylic acids is 1. The van der Waals surface area contributed by atoms with Crippen LogP contribution in [0.15, 0.2) is 42.5 Å². The number of amides is 1. The summed E-state index contributed by atoms with van der Waals surface area (Å²) in [6.45, 7) is 0. The van der Waals surface area contributed by atoms with Crippen LogP contribution in [-0.4, -0.2) is 28.5 Å². The molecule has 2 aliphatic rings. The van der Waals surface area contributed by atoms with Crippen molar-refractivity contribution in [1.29, 1.82) is 0 Å². The van der Waals surface area contributed by atoms with Crippen molar-refractivity contribution in [3.8, 4) is 0 Å². The van der Waals surface area contributed by atoms with Crippen molar-refractivity contribution in [2.45, 2.75) is 25.7 Å². The number of fused-ring (bicyclic) bond motifs is 2. The van der Waals surface area contributed by atoms with E-state index in [2.05, 4.69) is 5.32 Å². The fourth-order valence-electron chi connectivity index (χ4n) is 4.15. The average Bonchev–Trinajstić information content (AvgIpc) is 2.72. The number of ketones is 2. The van der Waals surface area contributed by atoms with Gasteiger partial charge in [0.05, 0.1) is 11.8 Å². The summed E-state index contributed by atoms with van der Waals surface area (Å²) in [5.41, 5.74) is 1.67. The Morgan fingerprint density at radius 2 is 1.39 bits per heavy atom. The SMILES string of the molecule is O=C1c2ccccc2C(=O)c2cc(NC(=O)[C@H]3CCCC[C@@H]3C(=O)O)ccc21. The summed E-state index contributed by atoms with van der Waals surface area (Å²) in [7, 11) is 0. The number of carbonyl (C=O) groups is 4. The molecule has 0 aliphatic heterocycles. The zero-order valence-electron chi connectivity index (χ0n) is 15.1. The molecule has 0 unspecified atom stereocenters. The summed E-state index contributed by atoms with van der Waals surface area (Å²) in [4.78, 5) is 49.6. The van der Waals surface area contributed by atoms with Crippen LogP contribution in [-0.2, 0) is 9.59 Å². The Labute approximate surface area is 161 Å². The van der Waals surface area contributed by atoms with Gasteiger partial charge in [-0.1, -0.05) is 37.1 Å². The third-order valence-electron chi connectivity index (χ3n) is 5.61. The maximum absolute atomic E-state index is 12.8. The van der Waals surface area contributed by atoms with Gasteiger partial charge in [0.1, 0.15) is 0 Å². The van der Waals surface area contributed by atoms with Gasteiger partial charge in [-0.2, -0.15) is 0 Å². The number of carbonyl (C=O) groups excluding carboxylic acids is 3. The van der Waals surface area contributed by atoms with Crippen LogP contribution < -0.4 is 5.32 Å². The van der Waals surface area contributed by atoms with Gasteiger partial charge >= 0.3 is 5.97 Å². The summed E-state index contributed by atoms with van der Waals surface area (Å²) >= 11 is 0. The van der Waals surface area contributed by atoms with E-state index in [0.717, 1.165) is 12.8 Å². The van der Waals surface area contributed by atoms with E-state index in [1.54, 1.807) is 30.3 Å². The molecule has 1 amide bonds. The minimum Gasteiger partial charge on any atom is -0.481 e. The van der Waals surface area contributed by atoms with Gasteiger partial charge < -0.3 is 10.4 Å². The molecule has 2 atom stereocenters. The van der Waals surface area contributed by atoms with Crippen LogP contribution in [0.3, 0.4) is 0 Å². The number of anilines is 1. The molecule has 2 aromatic rings. The molecule has 6 heteroatoms. The first-order valence-corrected chi connectivity index (χ1v) is 9.33. The number of nitrogens with one attached hydrogen (secondary N) is 1. The fraction of sp³-hybridized carbons (Fsp3) is 0.273. The zero-order chi connectivity index (χ0) is 19.8. The largest absolute Gasteiger partial charge is 0.481 e. The van der Waals surface area contributed by atoms with Gasteiger partial charge in [0.25, 0.3) is 0 Å². The van der Waals surface area contributed by atoms with Gasteiger partial charge in [-0.3, -0.25) is 19.2 Å². The maximum atomic E-state index is 12.8. The molecule has 1 fully saturated rings. The lowest BCUT2D eigenvalue weighted by Gasteiger charge is -2.27. The van der Waals surface area contributed by atoms with Crippen LogP contribution >= 0.6 is 0 Å². The van der Waals surface area contributed by atoms with Crippen molar-refractivity contribution in [2.24, 2.45) is 11.8 Å². The molecule has 0 radical (unpaired) electrons. The van der Waals surface area contributed by atoms with Gasteiger partial charge in [0, 0.05) is 27.9 Å². The van der Waals surface area contributed by atoms with Gasteiger partial charge in [-0.05, 0) is 31.0 Å². The molecular weight excluding hydrogens is 358 g/mol. The predicted molar refractivity (Wildman–Crippen MR) is 101 cm³/mol. The van der Waals surface area contributed by atoms with Crippen molar-refractivity contribution in [3.05, 3.63) is 64.7 Å². The quantitative estimate of drug-likeness (QED) is 0.729. The van der Waals surface area contributed by atoms with Gasteiger partial charge in [0.15, 0.2) is 11.6 Å². The molecule has 2 aromatic carbocycles. The van der Waals surface area contributed by atoms with Crippen molar-refractivity contribution >= 4 is 29.1 Å². The monoisotopic (exact) mass is 377 g/mol. The number of carboxylic acids is 1. The first kappa shape index (κ1) is 18.1. The van der Waals surface area contributed by atoms with Gasteiger partial charge in [-0.25, -0.2) is 0 Å². The minimum atomic E-state index is -0.956. The van der Waals surface area contributed by atoms with E-state index in [1.807, 2.05) is 0 Å². The molecular formula is C22H19NO5. The number of hydrogen-bond acceptors (Lipinski definition) is 4. The topological polar surface area (TPSA) is 101 Å². The highest BCUT2D eigenvalue weighted by molar-refractivity contribution is 6.28. The average molecular weight is 377 g/mol. The van der Waals surface area contributed by atoms with E-state index in [4.69, 9.17) is 0 Å². The highest BCUT2D eigenvalue weighted by Gasteiger charge is 2.36. The van der Waals surface area contributed by atoms with E-state index < -0.39 is 17.8 Å². The normalized spacial score (nSPS) is 20.9. The summed E-state index contributed by atoms with van der Waals surface area (Å²) in [5.74, 6) is -3.09. The van der Waals surface area contributed by atoms with Crippen LogP contribution in [0.1, 0.15) is 57.5 Å². The number of hydrogen-bond donors (Lipinski definition) is 2. The second-order valence-electron chi connectivity index (χ2n) is 7.29. The molecule has 142 valence electrons. The van der Waals surface area contributed by atoms with Crippen molar-refractivity contribution < 1.29 is 24.3 Å². The Morgan fingerprint density at radius 3 is 2.04 bits per heavy atom. The molecule has 0 saturated heterocycles. The third kappa shape index (κ3) is 3.01. The van der Waals surface area contributed by atoms with Crippen molar-refractivity contribution in [1.82, 2.24) is 0 Å². The zero-order valence-corrected chi connectivity index (χ0v) is 15.1. The van der Waals surface area contributed by atoms with E-state index in [1.165, 1.54) is 12.1 Å². The molecule has 1 saturated carbocycles. The van der Waals surface area contributed by atoms with Crippen LogP contribution in [0, 0.1) is 11.8 Å². The lowest BCUT2D eigenvalue weighted by Crippen LogP contribution is -2.36. The van der Waals surface area contributed by atoms with Crippen molar-refractivity contribution in [2.75, 3.05) is 5.32 Å². The molecule has 0 aromatic heterocycles. The lowest BCUT2D eigenvalue weighted by atomic mass is 9.78. The smallest absolute Gasteiger partial charge is 0.307 e. The predicted octanol–water partition coefficient (Wildman–Crippen LogP) is 3.29. The Kier molecular flexibility index (Phi) is 4.55. The Morgan fingerprint density at radius 1 is 0.821 bits per heavy atom. The van der Waals surface area contributed by atoms with Crippen LogP contribution in [0.5, 0.6) is 0 Å². The highest BCUT2D eigenvalue weighted by Crippen LogP contribution is 2.33. The first-order chi connectivity index (χ1) is 13.5. The number of benzene rings is 2. The van der Waals surface area contributed by atoms with Crippen LogP contribution in [0.4, 0.5) is 5.69 Å². The van der Waals surface area contributed by atoms with Crippen LogP contribution in [0.25, 0.3) is 0 Å². The molecule has 0 bridgehead atoms. The van der Waals surface area contributed by atoms with Gasteiger partial charge in [-0.15, -0.1) is 0 Å². The summed E-state index contributed by atoms with van der Waals surface area (Å²) < 4.78 is 0. The molecule has 28 heavy (non-hydrogen) atoms. The molecule has 0 heterocycles. The molecule has 0 spiro atoms. The number of rotatable bonds is 3.